The van der Waals surface area contributed by atoms with Gasteiger partial charge in [-0.2, -0.15) is 0 Å². The first-order chi connectivity index (χ1) is 44.0. The fourth-order valence-corrected chi connectivity index (χ4v) is 13.8. The Morgan fingerprint density at radius 3 is 1.71 bits per heavy atom. The number of carbonyl (C=O) groups excluding carboxylic acids is 1. The van der Waals surface area contributed by atoms with Crippen LogP contribution in [0.3, 0.4) is 0 Å². The predicted molar refractivity (Wildman–Crippen MR) is 373 cm³/mol. The van der Waals surface area contributed by atoms with Gasteiger partial charge in [0, 0.05) is 61.7 Å². The molecule has 6 aromatic heterocycles. The summed E-state index contributed by atoms with van der Waals surface area (Å²) in [7, 11) is 1.40. The number of aliphatic imine (C=N–C) groups is 1. The Balaban J connectivity index is 0.769. The van der Waals surface area contributed by atoms with Crippen LogP contribution in [0.25, 0.3) is 90.4 Å². The van der Waals surface area contributed by atoms with Gasteiger partial charge in [0.1, 0.15) is 18.1 Å². The summed E-state index contributed by atoms with van der Waals surface area (Å²) in [5.41, 5.74) is 34.9. The maximum absolute atomic E-state index is 12.4. The van der Waals surface area contributed by atoms with Crippen molar-refractivity contribution >= 4 is 68.7 Å². The summed E-state index contributed by atoms with van der Waals surface area (Å²) in [6.07, 6.45) is 14.4. The van der Waals surface area contributed by atoms with Gasteiger partial charge < -0.3 is 29.0 Å². The Morgan fingerprint density at radius 1 is 0.560 bits per heavy atom. The van der Waals surface area contributed by atoms with Gasteiger partial charge in [-0.05, 0) is 226 Å². The molecule has 454 valence electrons. The van der Waals surface area contributed by atoms with Crippen LogP contribution in [0.1, 0.15) is 122 Å². The van der Waals surface area contributed by atoms with E-state index in [1.807, 2.05) is 47.3 Å². The van der Waals surface area contributed by atoms with Crippen LogP contribution >= 0.6 is 0 Å². The SMILES string of the molecule is CCC1=C(C)/C(=C(/c2ccc(C(=O)OC)cc2)n2cc(C)c(CC)c2C)N=C1/C=C/c1ccc(OCc2cn(Cc3ccc(-c4c5ccc([nH]5)c(-c5c(C)cc(C)cc5C)c5nc(c6ccc([nH]6)c(-c6c(C)cc(C)cc6C)c6ccc4[nH]6)C=C5)cc3)nn2)cc1. The molecule has 2 aliphatic rings. The molecule has 0 saturated heterocycles. The van der Waals surface area contributed by atoms with Gasteiger partial charge in [0.15, 0.2) is 0 Å². The average Bonchev–Trinajstić information content (AvgIpc) is 1.70. The number of esters is 1. The van der Waals surface area contributed by atoms with Crippen LogP contribution < -0.4 is 4.74 Å². The third kappa shape index (κ3) is 11.4. The highest BCUT2D eigenvalue weighted by Crippen LogP contribution is 2.41. The lowest BCUT2D eigenvalue weighted by molar-refractivity contribution is 0.0600. The number of aromatic nitrogens is 8. The fourth-order valence-electron chi connectivity index (χ4n) is 13.8. The van der Waals surface area contributed by atoms with E-state index in [9.17, 15) is 4.79 Å². The number of nitrogens with one attached hydrogen (secondary N) is 3. The fraction of sp³-hybridized carbons (Fsp3) is 0.203. The average molecular weight is 1200 g/mol. The van der Waals surface area contributed by atoms with Crippen molar-refractivity contribution in [3.63, 3.8) is 0 Å². The minimum absolute atomic E-state index is 0.269. The number of carbonyl (C=O) groups is 1. The van der Waals surface area contributed by atoms with Crippen LogP contribution in [0.4, 0.5) is 0 Å². The zero-order valence-corrected chi connectivity index (χ0v) is 53.9. The summed E-state index contributed by atoms with van der Waals surface area (Å²) < 4.78 is 15.4. The largest absolute Gasteiger partial charge is 0.487 e. The van der Waals surface area contributed by atoms with Crippen LogP contribution in [-0.4, -0.2) is 58.3 Å². The van der Waals surface area contributed by atoms with Gasteiger partial charge in [-0.3, -0.25) is 0 Å². The molecule has 0 aliphatic carbocycles. The number of aromatic amines is 3. The molecular formula is C79H75N9O3. The maximum Gasteiger partial charge on any atom is 0.337 e. The number of aryl methyl sites for hydroxylation is 7. The van der Waals surface area contributed by atoms with E-state index >= 15 is 0 Å². The summed E-state index contributed by atoms with van der Waals surface area (Å²) in [5.74, 6) is 0.367. The van der Waals surface area contributed by atoms with Crippen LogP contribution in [0, 0.1) is 55.4 Å². The van der Waals surface area contributed by atoms with E-state index in [0.29, 0.717) is 12.1 Å². The molecule has 11 aromatic rings. The molecule has 0 saturated carbocycles. The minimum Gasteiger partial charge on any atom is -0.487 e. The van der Waals surface area contributed by atoms with Crippen molar-refractivity contribution in [1.29, 1.82) is 0 Å². The summed E-state index contributed by atoms with van der Waals surface area (Å²) in [6.45, 7) is 24.8. The number of hydrogen-bond acceptors (Lipinski definition) is 7. The number of methoxy groups -OCH3 is 1. The number of benzene rings is 5. The molecule has 8 heterocycles. The molecule has 13 rings (SSSR count). The number of fused-ring (bicyclic) bond motifs is 9. The molecule has 0 fully saturated rings. The lowest BCUT2D eigenvalue weighted by atomic mass is 9.92. The summed E-state index contributed by atoms with van der Waals surface area (Å²) in [4.78, 5) is 34.8. The molecular weight excluding hydrogens is 1120 g/mol. The van der Waals surface area contributed by atoms with E-state index in [1.54, 1.807) is 0 Å². The zero-order valence-electron chi connectivity index (χ0n) is 53.9. The quantitative estimate of drug-likeness (QED) is 0.0872. The van der Waals surface area contributed by atoms with E-state index < -0.39 is 0 Å². The van der Waals surface area contributed by atoms with Crippen LogP contribution in [0.5, 0.6) is 5.75 Å². The Hall–Kier alpha value is -10.6. The lowest BCUT2D eigenvalue weighted by Crippen LogP contribution is -2.06. The summed E-state index contributed by atoms with van der Waals surface area (Å²) >= 11 is 0. The standard InChI is InChI=1S/C79H75N9O3/c1-13-61-51(9)41-88(53(61)11)78(57-22-24-58(25-23-57)79(89)90-12)77-52(10)62(14-2)63(84-77)28-19-54-17-26-60(27-18-54)91-44-59-43-87(86-85-59)42-55-15-20-56(21-16-55)74-66-33-35-70(82-66)75(72-47(5)37-45(3)38-48(72)6)68-31-29-64(80-68)65-30-32-69(81-65)76(71-36-34-67(74)83-71)73-49(7)39-46(4)40-50(73)8/h15-41,43,80,82-83H,13-14,42,44H2,1-12H3/b28-19+,65-64?,74-66?,74-67?,75-68?,75-70?,76-69?,76-71?,78-77+. The molecule has 12 heteroatoms. The first-order valence-corrected chi connectivity index (χ1v) is 31.3. The molecule has 0 amide bonds. The second-order valence-electron chi connectivity index (χ2n) is 24.4. The maximum atomic E-state index is 12.4. The predicted octanol–water partition coefficient (Wildman–Crippen LogP) is 18.6. The first-order valence-electron chi connectivity index (χ1n) is 31.3. The molecule has 8 bridgehead atoms. The number of hydrogen-bond donors (Lipinski definition) is 3. The monoisotopic (exact) mass is 1200 g/mol. The molecule has 0 radical (unpaired) electrons. The van der Waals surface area contributed by atoms with Crippen LogP contribution in [0.2, 0.25) is 0 Å². The highest BCUT2D eigenvalue weighted by molar-refractivity contribution is 6.15. The van der Waals surface area contributed by atoms with Gasteiger partial charge in [-0.15, -0.1) is 5.10 Å². The molecule has 5 aromatic carbocycles. The number of ether oxygens (including phenoxy) is 2. The smallest absolute Gasteiger partial charge is 0.337 e. The van der Waals surface area contributed by atoms with Gasteiger partial charge >= 0.3 is 5.97 Å². The molecule has 91 heavy (non-hydrogen) atoms. The van der Waals surface area contributed by atoms with Crippen molar-refractivity contribution in [1.82, 2.24) is 39.5 Å². The first kappa shape index (κ1) is 59.4. The van der Waals surface area contributed by atoms with Crippen molar-refractivity contribution in [2.45, 2.75) is 102 Å². The highest BCUT2D eigenvalue weighted by atomic mass is 16.5. The van der Waals surface area contributed by atoms with Crippen LogP contribution in [0.15, 0.2) is 174 Å². The Labute approximate surface area is 531 Å². The number of rotatable bonds is 15. The van der Waals surface area contributed by atoms with Crippen molar-refractivity contribution in [2.75, 3.05) is 7.11 Å². The molecule has 12 nitrogen and oxygen atoms in total. The normalized spacial score (nSPS) is 13.3. The summed E-state index contributed by atoms with van der Waals surface area (Å²) in [6, 6.07) is 46.7. The van der Waals surface area contributed by atoms with E-state index in [-0.39, 0.29) is 12.6 Å². The molecule has 0 atom stereocenters. The van der Waals surface area contributed by atoms with Gasteiger partial charge in [0.25, 0.3) is 0 Å². The second-order valence-corrected chi connectivity index (χ2v) is 24.4. The molecule has 2 aliphatic heterocycles. The Morgan fingerprint density at radius 2 is 1.12 bits per heavy atom. The van der Waals surface area contributed by atoms with Gasteiger partial charge in [0.2, 0.25) is 0 Å². The van der Waals surface area contributed by atoms with Gasteiger partial charge in [0.05, 0.1) is 59.4 Å². The molecule has 0 spiro atoms. The van der Waals surface area contributed by atoms with Gasteiger partial charge in [-0.25, -0.2) is 19.5 Å². The Bertz CT molecular complexity index is 4960. The summed E-state index contributed by atoms with van der Waals surface area (Å²) in [5, 5.41) is 9.04. The third-order valence-electron chi connectivity index (χ3n) is 18.0. The van der Waals surface area contributed by atoms with Gasteiger partial charge in [-0.1, -0.05) is 109 Å². The highest BCUT2D eigenvalue weighted by Gasteiger charge is 2.26. The van der Waals surface area contributed by atoms with Crippen molar-refractivity contribution in [3.05, 3.63) is 258 Å². The van der Waals surface area contributed by atoms with Crippen molar-refractivity contribution in [3.8, 4) is 39.1 Å². The zero-order chi connectivity index (χ0) is 63.4. The number of H-pyrrole nitrogens is 3. The van der Waals surface area contributed by atoms with Crippen LogP contribution in [-0.2, 0) is 24.3 Å². The number of nitrogens with zero attached hydrogens (tertiary/aromatic N) is 6. The minimum atomic E-state index is -0.365. The second kappa shape index (κ2) is 24.4. The van der Waals surface area contributed by atoms with E-state index in [2.05, 4.69) is 234 Å². The molecule has 0 unspecified atom stereocenters. The van der Waals surface area contributed by atoms with E-state index in [0.717, 1.165) is 130 Å². The van der Waals surface area contributed by atoms with E-state index in [1.165, 1.54) is 74.0 Å². The topological polar surface area (TPSA) is 144 Å². The van der Waals surface area contributed by atoms with Crippen molar-refractivity contribution in [2.24, 2.45) is 4.99 Å². The van der Waals surface area contributed by atoms with Crippen molar-refractivity contribution < 1.29 is 14.3 Å². The van der Waals surface area contributed by atoms with E-state index in [4.69, 9.17) is 19.5 Å². The lowest BCUT2D eigenvalue weighted by Gasteiger charge is -2.16. The number of allylic oxidation sites excluding steroid dienone is 3. The third-order valence-corrected chi connectivity index (χ3v) is 18.0. The molecule has 3 N–H and O–H groups in total. The Kier molecular flexibility index (Phi) is 15.9.